The zero-order chi connectivity index (χ0) is 12.5. The van der Waals surface area contributed by atoms with Crippen LogP contribution in [0.1, 0.15) is 17.2 Å². The van der Waals surface area contributed by atoms with E-state index in [9.17, 15) is 9.18 Å². The number of aromatic nitrogens is 1. The molecule has 0 saturated heterocycles. The van der Waals surface area contributed by atoms with Gasteiger partial charge in [0.15, 0.2) is 0 Å². The summed E-state index contributed by atoms with van der Waals surface area (Å²) in [6.45, 7) is 0. The molecule has 0 aliphatic carbocycles. The van der Waals surface area contributed by atoms with Gasteiger partial charge in [0.25, 0.3) is 0 Å². The first kappa shape index (κ1) is 10.7. The molecule has 1 aromatic carbocycles. The highest BCUT2D eigenvalue weighted by Crippen LogP contribution is 2.31. The van der Waals surface area contributed by atoms with Crippen molar-refractivity contribution in [2.75, 3.05) is 5.32 Å². The molecule has 1 unspecified atom stereocenters. The highest BCUT2D eigenvalue weighted by atomic mass is 19.1. The summed E-state index contributed by atoms with van der Waals surface area (Å²) in [5, 5.41) is 5.43. The van der Waals surface area contributed by atoms with Crippen LogP contribution in [-0.2, 0) is 0 Å². The maximum Gasteiger partial charge on any atom is 0.320 e. The molecule has 1 atom stereocenters. The summed E-state index contributed by atoms with van der Waals surface area (Å²) < 4.78 is 13.3. The number of amides is 2. The van der Waals surface area contributed by atoms with Crippen molar-refractivity contribution in [2.24, 2.45) is 0 Å². The van der Waals surface area contributed by atoms with Crippen molar-refractivity contribution in [2.45, 2.75) is 6.04 Å². The van der Waals surface area contributed by atoms with E-state index in [-0.39, 0.29) is 17.9 Å². The number of nitrogens with zero attached hydrogens (tertiary/aromatic N) is 1. The summed E-state index contributed by atoms with van der Waals surface area (Å²) in [5.41, 5.74) is 2.20. The lowest BCUT2D eigenvalue weighted by Crippen LogP contribution is -2.38. The van der Waals surface area contributed by atoms with E-state index in [0.717, 1.165) is 5.56 Å². The van der Waals surface area contributed by atoms with Gasteiger partial charge in [-0.05, 0) is 35.9 Å². The Morgan fingerprint density at radius 1 is 1.17 bits per heavy atom. The van der Waals surface area contributed by atoms with Gasteiger partial charge in [0.1, 0.15) is 5.82 Å². The first-order chi connectivity index (χ1) is 8.74. The number of halogens is 1. The van der Waals surface area contributed by atoms with Gasteiger partial charge in [-0.2, -0.15) is 0 Å². The van der Waals surface area contributed by atoms with Gasteiger partial charge >= 0.3 is 6.03 Å². The van der Waals surface area contributed by atoms with Gasteiger partial charge in [-0.15, -0.1) is 0 Å². The Morgan fingerprint density at radius 2 is 1.94 bits per heavy atom. The fourth-order valence-corrected chi connectivity index (χ4v) is 2.07. The van der Waals surface area contributed by atoms with E-state index in [0.29, 0.717) is 11.3 Å². The molecule has 2 N–H and O–H groups in total. The lowest BCUT2D eigenvalue weighted by Gasteiger charge is -2.27. The van der Waals surface area contributed by atoms with Crippen molar-refractivity contribution in [1.29, 1.82) is 0 Å². The monoisotopic (exact) mass is 243 g/mol. The molecule has 2 amide bonds. The number of rotatable bonds is 1. The van der Waals surface area contributed by atoms with E-state index in [1.165, 1.54) is 12.1 Å². The summed E-state index contributed by atoms with van der Waals surface area (Å²) in [5.74, 6) is -0.328. The smallest absolute Gasteiger partial charge is 0.320 e. The van der Waals surface area contributed by atoms with E-state index in [2.05, 4.69) is 15.6 Å². The van der Waals surface area contributed by atoms with E-state index < -0.39 is 0 Å². The Morgan fingerprint density at radius 3 is 2.72 bits per heavy atom. The molecular formula is C13H10FN3O. The predicted octanol–water partition coefficient (Wildman–Crippen LogP) is 2.45. The second-order valence-electron chi connectivity index (χ2n) is 4.04. The molecule has 0 saturated carbocycles. The molecule has 0 radical (unpaired) electrons. The first-order valence-electron chi connectivity index (χ1n) is 5.51. The third-order valence-electron chi connectivity index (χ3n) is 2.89. The van der Waals surface area contributed by atoms with Crippen LogP contribution in [0.4, 0.5) is 14.9 Å². The number of carbonyl (C=O) groups excluding carboxylic acids is 1. The molecule has 3 rings (SSSR count). The average Bonchev–Trinajstić information content (AvgIpc) is 2.39. The van der Waals surface area contributed by atoms with E-state index in [1.54, 1.807) is 30.6 Å². The summed E-state index contributed by atoms with van der Waals surface area (Å²) in [4.78, 5) is 15.5. The number of anilines is 1. The number of hydrogen-bond acceptors (Lipinski definition) is 2. The molecule has 2 heterocycles. The number of hydrogen-bond donors (Lipinski definition) is 2. The van der Waals surface area contributed by atoms with Gasteiger partial charge in [0, 0.05) is 23.6 Å². The van der Waals surface area contributed by atoms with Gasteiger partial charge in [0.05, 0.1) is 6.04 Å². The maximum absolute atomic E-state index is 13.3. The summed E-state index contributed by atoms with van der Waals surface area (Å²) in [6, 6.07) is 7.26. The van der Waals surface area contributed by atoms with E-state index in [4.69, 9.17) is 0 Å². The van der Waals surface area contributed by atoms with Crippen LogP contribution in [-0.4, -0.2) is 11.0 Å². The fraction of sp³-hybridized carbons (Fsp3) is 0.0769. The van der Waals surface area contributed by atoms with Gasteiger partial charge < -0.3 is 10.6 Å². The van der Waals surface area contributed by atoms with Crippen LogP contribution in [0.15, 0.2) is 42.7 Å². The number of nitrogens with one attached hydrogen (secondary N) is 2. The quantitative estimate of drug-likeness (QED) is 0.808. The van der Waals surface area contributed by atoms with Crippen LogP contribution in [0.2, 0.25) is 0 Å². The minimum atomic E-state index is -0.354. The normalized spacial score (nSPS) is 17.6. The highest BCUT2D eigenvalue weighted by Gasteiger charge is 2.25. The van der Waals surface area contributed by atoms with Crippen LogP contribution >= 0.6 is 0 Å². The van der Waals surface area contributed by atoms with Crippen molar-refractivity contribution in [3.8, 4) is 0 Å². The van der Waals surface area contributed by atoms with Crippen LogP contribution in [0.5, 0.6) is 0 Å². The van der Waals surface area contributed by atoms with Crippen LogP contribution in [0.3, 0.4) is 0 Å². The summed E-state index contributed by atoms with van der Waals surface area (Å²) in [6.07, 6.45) is 3.28. The van der Waals surface area contributed by atoms with Gasteiger partial charge in [-0.3, -0.25) is 4.98 Å². The molecule has 0 fully saturated rings. The minimum absolute atomic E-state index is 0.295. The number of carbonyl (C=O) groups is 1. The van der Waals surface area contributed by atoms with Crippen LogP contribution < -0.4 is 10.6 Å². The SMILES string of the molecule is O=C1Nc2ccc(F)cc2C(c2ccncc2)N1. The Bertz CT molecular complexity index is 600. The Hall–Kier alpha value is -2.43. The van der Waals surface area contributed by atoms with Crippen LogP contribution in [0, 0.1) is 5.82 Å². The minimum Gasteiger partial charge on any atom is -0.327 e. The largest absolute Gasteiger partial charge is 0.327 e. The Kier molecular flexibility index (Phi) is 2.44. The first-order valence-corrected chi connectivity index (χ1v) is 5.51. The molecular weight excluding hydrogens is 233 g/mol. The molecule has 1 aliphatic rings. The number of benzene rings is 1. The topological polar surface area (TPSA) is 54.0 Å². The molecule has 5 heteroatoms. The Balaban J connectivity index is 2.12. The van der Waals surface area contributed by atoms with Crippen LogP contribution in [0.25, 0.3) is 0 Å². The van der Waals surface area contributed by atoms with Gasteiger partial charge in [0.2, 0.25) is 0 Å². The molecule has 1 aliphatic heterocycles. The van der Waals surface area contributed by atoms with Crippen molar-refractivity contribution >= 4 is 11.7 Å². The number of fused-ring (bicyclic) bond motifs is 1. The predicted molar refractivity (Wildman–Crippen MR) is 64.6 cm³/mol. The lowest BCUT2D eigenvalue weighted by atomic mass is 9.96. The third-order valence-corrected chi connectivity index (χ3v) is 2.89. The van der Waals surface area contributed by atoms with Crippen molar-refractivity contribution in [1.82, 2.24) is 10.3 Å². The van der Waals surface area contributed by atoms with Gasteiger partial charge in [-0.1, -0.05) is 0 Å². The Labute approximate surface area is 103 Å². The zero-order valence-corrected chi connectivity index (χ0v) is 9.35. The fourth-order valence-electron chi connectivity index (χ4n) is 2.07. The average molecular weight is 243 g/mol. The lowest BCUT2D eigenvalue weighted by molar-refractivity contribution is 0.249. The molecule has 18 heavy (non-hydrogen) atoms. The van der Waals surface area contributed by atoms with Crippen molar-refractivity contribution in [3.63, 3.8) is 0 Å². The van der Waals surface area contributed by atoms with Gasteiger partial charge in [-0.25, -0.2) is 9.18 Å². The second-order valence-corrected chi connectivity index (χ2v) is 4.04. The number of urea groups is 1. The maximum atomic E-state index is 13.3. The number of pyridine rings is 1. The van der Waals surface area contributed by atoms with E-state index in [1.807, 2.05) is 0 Å². The molecule has 1 aromatic heterocycles. The van der Waals surface area contributed by atoms with E-state index >= 15 is 0 Å². The second kappa shape index (κ2) is 4.10. The summed E-state index contributed by atoms with van der Waals surface area (Å²) in [7, 11) is 0. The molecule has 0 spiro atoms. The molecule has 0 bridgehead atoms. The molecule has 4 nitrogen and oxygen atoms in total. The molecule has 90 valence electrons. The molecule has 2 aromatic rings. The standard InChI is InChI=1S/C13H10FN3O/c14-9-1-2-11-10(7-9)12(17-13(18)16-11)8-3-5-15-6-4-8/h1-7,12H,(H2,16,17,18). The third kappa shape index (κ3) is 1.79. The van der Waals surface area contributed by atoms with Crippen molar-refractivity contribution in [3.05, 3.63) is 59.7 Å². The highest BCUT2D eigenvalue weighted by molar-refractivity contribution is 5.93. The summed E-state index contributed by atoms with van der Waals surface area (Å²) >= 11 is 0. The van der Waals surface area contributed by atoms with Crippen molar-refractivity contribution < 1.29 is 9.18 Å². The zero-order valence-electron chi connectivity index (χ0n) is 9.35.